The van der Waals surface area contributed by atoms with Crippen molar-refractivity contribution in [2.75, 3.05) is 27.0 Å². The zero-order valence-corrected chi connectivity index (χ0v) is 17.3. The van der Waals surface area contributed by atoms with Crippen LogP contribution in [-0.4, -0.2) is 45.7 Å². The molecular formula is C20H26N2O5S. The van der Waals surface area contributed by atoms with Crippen molar-refractivity contribution < 1.29 is 22.7 Å². The Bertz CT molecular complexity index is 900. The summed E-state index contributed by atoms with van der Waals surface area (Å²) in [7, 11) is -0.451. The molecule has 1 atom stereocenters. The molecule has 28 heavy (non-hydrogen) atoms. The zero-order chi connectivity index (χ0) is 20.7. The summed E-state index contributed by atoms with van der Waals surface area (Å²) in [6, 6.07) is 14.2. The van der Waals surface area contributed by atoms with E-state index in [9.17, 15) is 13.2 Å². The minimum Gasteiger partial charge on any atom is -0.493 e. The molecule has 1 amide bonds. The van der Waals surface area contributed by atoms with Crippen molar-refractivity contribution in [2.24, 2.45) is 0 Å². The highest BCUT2D eigenvalue weighted by molar-refractivity contribution is 7.88. The third kappa shape index (κ3) is 5.97. The molecular weight excluding hydrogens is 380 g/mol. The van der Waals surface area contributed by atoms with E-state index in [0.29, 0.717) is 11.5 Å². The second kappa shape index (κ2) is 9.57. The van der Waals surface area contributed by atoms with Crippen LogP contribution in [0.4, 0.5) is 0 Å². The average molecular weight is 407 g/mol. The molecule has 0 fully saturated rings. The summed E-state index contributed by atoms with van der Waals surface area (Å²) < 4.78 is 35.8. The van der Waals surface area contributed by atoms with Gasteiger partial charge in [0.1, 0.15) is 0 Å². The van der Waals surface area contributed by atoms with E-state index in [1.165, 1.54) is 0 Å². The standard InChI is InChI=1S/C20H26N2O5S/c1-15(17-10-11-18(26-2)19(12-17)27-3)21-20(23)14-22(28(4,24)25)13-16-8-6-5-7-9-16/h5-12,15H,13-14H2,1-4H3,(H,21,23). The number of amides is 1. The van der Waals surface area contributed by atoms with Gasteiger partial charge in [0.15, 0.2) is 11.5 Å². The van der Waals surface area contributed by atoms with Gasteiger partial charge in [-0.05, 0) is 30.2 Å². The van der Waals surface area contributed by atoms with Crippen LogP contribution in [0.5, 0.6) is 11.5 Å². The molecule has 0 aromatic heterocycles. The van der Waals surface area contributed by atoms with E-state index < -0.39 is 10.0 Å². The maximum absolute atomic E-state index is 12.5. The van der Waals surface area contributed by atoms with E-state index in [1.54, 1.807) is 26.4 Å². The van der Waals surface area contributed by atoms with Gasteiger partial charge in [-0.25, -0.2) is 8.42 Å². The van der Waals surface area contributed by atoms with E-state index in [-0.39, 0.29) is 25.0 Å². The molecule has 7 nitrogen and oxygen atoms in total. The van der Waals surface area contributed by atoms with E-state index >= 15 is 0 Å². The van der Waals surface area contributed by atoms with Crippen LogP contribution in [-0.2, 0) is 21.4 Å². The maximum Gasteiger partial charge on any atom is 0.235 e. The highest BCUT2D eigenvalue weighted by Crippen LogP contribution is 2.29. The highest BCUT2D eigenvalue weighted by atomic mass is 32.2. The fourth-order valence-corrected chi connectivity index (χ4v) is 3.47. The summed E-state index contributed by atoms with van der Waals surface area (Å²) in [5, 5.41) is 2.83. The van der Waals surface area contributed by atoms with Crippen molar-refractivity contribution in [3.05, 3.63) is 59.7 Å². The summed E-state index contributed by atoms with van der Waals surface area (Å²) in [5.41, 5.74) is 1.63. The Balaban J connectivity index is 2.07. The first-order valence-corrected chi connectivity index (χ1v) is 10.6. The van der Waals surface area contributed by atoms with E-state index in [4.69, 9.17) is 9.47 Å². The molecule has 0 bridgehead atoms. The number of nitrogens with zero attached hydrogens (tertiary/aromatic N) is 1. The summed E-state index contributed by atoms with van der Waals surface area (Å²) in [6.45, 7) is 1.70. The van der Waals surface area contributed by atoms with Gasteiger partial charge in [-0.2, -0.15) is 4.31 Å². The summed E-state index contributed by atoms with van der Waals surface area (Å²) in [6.07, 6.45) is 1.10. The van der Waals surface area contributed by atoms with Crippen LogP contribution in [0.3, 0.4) is 0 Å². The number of carbonyl (C=O) groups excluding carboxylic acids is 1. The summed E-state index contributed by atoms with van der Waals surface area (Å²) in [5.74, 6) is 0.766. The Morgan fingerprint density at radius 2 is 1.71 bits per heavy atom. The Morgan fingerprint density at radius 3 is 2.29 bits per heavy atom. The van der Waals surface area contributed by atoms with Gasteiger partial charge in [-0.1, -0.05) is 36.4 Å². The normalized spacial score (nSPS) is 12.5. The predicted octanol–water partition coefficient (Wildman–Crippen LogP) is 2.34. The number of ether oxygens (including phenoxy) is 2. The molecule has 1 unspecified atom stereocenters. The van der Waals surface area contributed by atoms with Gasteiger partial charge in [0.25, 0.3) is 0 Å². The molecule has 152 valence electrons. The van der Waals surface area contributed by atoms with Crippen molar-refractivity contribution in [1.29, 1.82) is 0 Å². The van der Waals surface area contributed by atoms with Crippen LogP contribution in [0, 0.1) is 0 Å². The smallest absolute Gasteiger partial charge is 0.235 e. The number of carbonyl (C=O) groups is 1. The second-order valence-electron chi connectivity index (χ2n) is 6.42. The number of benzene rings is 2. The van der Waals surface area contributed by atoms with Gasteiger partial charge < -0.3 is 14.8 Å². The number of hydrogen-bond acceptors (Lipinski definition) is 5. The topological polar surface area (TPSA) is 84.9 Å². The number of nitrogens with one attached hydrogen (secondary N) is 1. The quantitative estimate of drug-likeness (QED) is 0.691. The lowest BCUT2D eigenvalue weighted by molar-refractivity contribution is -0.122. The third-order valence-electron chi connectivity index (χ3n) is 4.28. The lowest BCUT2D eigenvalue weighted by atomic mass is 10.1. The molecule has 0 heterocycles. The number of rotatable bonds is 9. The van der Waals surface area contributed by atoms with Gasteiger partial charge in [-0.15, -0.1) is 0 Å². The molecule has 0 saturated heterocycles. The molecule has 2 aromatic carbocycles. The van der Waals surface area contributed by atoms with Gasteiger partial charge >= 0.3 is 0 Å². The van der Waals surface area contributed by atoms with Gasteiger partial charge in [0.2, 0.25) is 15.9 Å². The SMILES string of the molecule is COc1ccc(C(C)NC(=O)CN(Cc2ccccc2)S(C)(=O)=O)cc1OC. The minimum atomic E-state index is -3.54. The molecule has 0 spiro atoms. The van der Waals surface area contributed by atoms with Gasteiger partial charge in [-0.3, -0.25) is 4.79 Å². The van der Waals surface area contributed by atoms with E-state index in [0.717, 1.165) is 21.7 Å². The molecule has 0 aliphatic rings. The zero-order valence-electron chi connectivity index (χ0n) is 16.5. The van der Waals surface area contributed by atoms with Gasteiger partial charge in [0.05, 0.1) is 33.1 Å². The Kier molecular flexibility index (Phi) is 7.42. The first-order chi connectivity index (χ1) is 13.2. The summed E-state index contributed by atoms with van der Waals surface area (Å²) in [4.78, 5) is 12.5. The molecule has 2 rings (SSSR count). The molecule has 0 saturated carbocycles. The molecule has 0 radical (unpaired) electrons. The molecule has 0 aliphatic heterocycles. The van der Waals surface area contributed by atoms with Crippen LogP contribution in [0.25, 0.3) is 0 Å². The van der Waals surface area contributed by atoms with Crippen LogP contribution in [0.15, 0.2) is 48.5 Å². The highest BCUT2D eigenvalue weighted by Gasteiger charge is 2.22. The monoisotopic (exact) mass is 406 g/mol. The van der Waals surface area contributed by atoms with Crippen LogP contribution in [0.2, 0.25) is 0 Å². The minimum absolute atomic E-state index is 0.137. The third-order valence-corrected chi connectivity index (χ3v) is 5.47. The van der Waals surface area contributed by atoms with Crippen LogP contribution < -0.4 is 14.8 Å². The second-order valence-corrected chi connectivity index (χ2v) is 8.40. The Hall–Kier alpha value is -2.58. The van der Waals surface area contributed by atoms with E-state index in [1.807, 2.05) is 43.3 Å². The van der Waals surface area contributed by atoms with Gasteiger partial charge in [0, 0.05) is 6.54 Å². The van der Waals surface area contributed by atoms with Crippen molar-refractivity contribution in [3.8, 4) is 11.5 Å². The number of methoxy groups -OCH3 is 2. The lowest BCUT2D eigenvalue weighted by Crippen LogP contribution is -2.40. The van der Waals surface area contributed by atoms with Crippen LogP contribution >= 0.6 is 0 Å². The predicted molar refractivity (Wildman–Crippen MR) is 108 cm³/mol. The Labute approximate surface area is 166 Å². The average Bonchev–Trinajstić information content (AvgIpc) is 2.66. The maximum atomic E-state index is 12.5. The first-order valence-electron chi connectivity index (χ1n) is 8.75. The number of hydrogen-bond donors (Lipinski definition) is 1. The molecule has 2 aromatic rings. The van der Waals surface area contributed by atoms with Crippen LogP contribution in [0.1, 0.15) is 24.1 Å². The fourth-order valence-electron chi connectivity index (χ4n) is 2.73. The largest absolute Gasteiger partial charge is 0.493 e. The number of sulfonamides is 1. The first kappa shape index (κ1) is 21.7. The van der Waals surface area contributed by atoms with Crippen molar-refractivity contribution >= 4 is 15.9 Å². The lowest BCUT2D eigenvalue weighted by Gasteiger charge is -2.22. The molecule has 1 N–H and O–H groups in total. The van der Waals surface area contributed by atoms with E-state index in [2.05, 4.69) is 5.32 Å². The molecule has 8 heteroatoms. The van der Waals surface area contributed by atoms with Crippen molar-refractivity contribution in [3.63, 3.8) is 0 Å². The fraction of sp³-hybridized carbons (Fsp3) is 0.350. The molecule has 0 aliphatic carbocycles. The van der Waals surface area contributed by atoms with Crippen molar-refractivity contribution in [2.45, 2.75) is 19.5 Å². The summed E-state index contributed by atoms with van der Waals surface area (Å²) >= 11 is 0. The van der Waals surface area contributed by atoms with Crippen molar-refractivity contribution in [1.82, 2.24) is 9.62 Å². The Morgan fingerprint density at radius 1 is 1.07 bits per heavy atom.